The zero-order valence-corrected chi connectivity index (χ0v) is 13.2. The van der Waals surface area contributed by atoms with E-state index in [1.807, 2.05) is 6.92 Å². The standard InChI is InChI=1S/C15H26N4O2/c1-4-9-19-12(16)11(13(20)18(3)14(19)21)17-10-15(5-2)7-6-8-15/h17H,4-10,16H2,1-3H3. The summed E-state index contributed by atoms with van der Waals surface area (Å²) in [5, 5.41) is 3.22. The van der Waals surface area contributed by atoms with Crippen molar-refractivity contribution >= 4 is 11.5 Å². The van der Waals surface area contributed by atoms with Crippen LogP contribution in [0.2, 0.25) is 0 Å². The minimum absolute atomic E-state index is 0.260. The summed E-state index contributed by atoms with van der Waals surface area (Å²) in [6.07, 6.45) is 5.50. The van der Waals surface area contributed by atoms with Crippen LogP contribution in [-0.4, -0.2) is 15.7 Å². The van der Waals surface area contributed by atoms with Gasteiger partial charge in [0.05, 0.1) is 0 Å². The molecule has 1 heterocycles. The van der Waals surface area contributed by atoms with E-state index in [4.69, 9.17) is 5.73 Å². The minimum Gasteiger partial charge on any atom is -0.383 e. The van der Waals surface area contributed by atoms with E-state index in [9.17, 15) is 9.59 Å². The lowest BCUT2D eigenvalue weighted by Gasteiger charge is -2.41. The van der Waals surface area contributed by atoms with E-state index in [0.717, 1.165) is 24.0 Å². The molecule has 1 aliphatic rings. The Hall–Kier alpha value is -1.72. The van der Waals surface area contributed by atoms with Gasteiger partial charge in [-0.05, 0) is 31.1 Å². The maximum atomic E-state index is 12.3. The van der Waals surface area contributed by atoms with Crippen molar-refractivity contribution in [1.29, 1.82) is 0 Å². The van der Waals surface area contributed by atoms with E-state index in [2.05, 4.69) is 12.2 Å². The summed E-state index contributed by atoms with van der Waals surface area (Å²) in [7, 11) is 1.50. The van der Waals surface area contributed by atoms with E-state index in [1.165, 1.54) is 30.9 Å². The average molecular weight is 294 g/mol. The van der Waals surface area contributed by atoms with Crippen molar-refractivity contribution in [2.45, 2.75) is 52.5 Å². The molecule has 0 aliphatic heterocycles. The largest absolute Gasteiger partial charge is 0.383 e. The fourth-order valence-corrected chi connectivity index (χ4v) is 3.00. The normalized spacial score (nSPS) is 16.5. The molecular weight excluding hydrogens is 268 g/mol. The highest BCUT2D eigenvalue weighted by molar-refractivity contribution is 5.60. The number of nitrogens with one attached hydrogen (secondary N) is 1. The van der Waals surface area contributed by atoms with Crippen LogP contribution in [0.5, 0.6) is 0 Å². The molecule has 21 heavy (non-hydrogen) atoms. The summed E-state index contributed by atoms with van der Waals surface area (Å²) in [6, 6.07) is 0. The molecule has 1 fully saturated rings. The van der Waals surface area contributed by atoms with Crippen LogP contribution in [0.3, 0.4) is 0 Å². The Morgan fingerprint density at radius 3 is 2.43 bits per heavy atom. The topological polar surface area (TPSA) is 82.0 Å². The first-order valence-corrected chi connectivity index (χ1v) is 7.79. The van der Waals surface area contributed by atoms with E-state index in [-0.39, 0.29) is 22.5 Å². The van der Waals surface area contributed by atoms with Crippen LogP contribution in [-0.2, 0) is 13.6 Å². The van der Waals surface area contributed by atoms with Gasteiger partial charge in [-0.15, -0.1) is 0 Å². The molecule has 2 rings (SSSR count). The van der Waals surface area contributed by atoms with E-state index >= 15 is 0 Å². The highest BCUT2D eigenvalue weighted by Crippen LogP contribution is 2.43. The summed E-state index contributed by atoms with van der Waals surface area (Å²) < 4.78 is 2.61. The molecule has 0 unspecified atom stereocenters. The lowest BCUT2D eigenvalue weighted by Crippen LogP contribution is -2.43. The van der Waals surface area contributed by atoms with Gasteiger partial charge in [0.1, 0.15) is 11.5 Å². The molecule has 6 heteroatoms. The predicted molar refractivity (Wildman–Crippen MR) is 85.7 cm³/mol. The highest BCUT2D eigenvalue weighted by Gasteiger charge is 2.35. The van der Waals surface area contributed by atoms with Crippen LogP contribution in [0.15, 0.2) is 9.59 Å². The van der Waals surface area contributed by atoms with Gasteiger partial charge in [0, 0.05) is 20.1 Å². The number of aromatic nitrogens is 2. The Bertz CT molecular complexity index is 620. The molecule has 3 N–H and O–H groups in total. The average Bonchev–Trinajstić information content (AvgIpc) is 2.43. The fraction of sp³-hybridized carbons (Fsp3) is 0.733. The third-order valence-corrected chi connectivity index (χ3v) is 4.83. The Balaban J connectivity index is 2.34. The first-order valence-electron chi connectivity index (χ1n) is 7.79. The Morgan fingerprint density at radius 1 is 1.29 bits per heavy atom. The molecule has 0 spiro atoms. The molecule has 0 aromatic carbocycles. The maximum Gasteiger partial charge on any atom is 0.332 e. The number of nitrogens with zero attached hydrogens (tertiary/aromatic N) is 2. The second-order valence-electron chi connectivity index (χ2n) is 6.12. The van der Waals surface area contributed by atoms with Crippen LogP contribution in [0.1, 0.15) is 46.0 Å². The first kappa shape index (κ1) is 15.7. The molecule has 1 saturated carbocycles. The number of nitrogens with two attached hydrogens (primary N) is 1. The van der Waals surface area contributed by atoms with Crippen LogP contribution in [0, 0.1) is 5.41 Å². The van der Waals surface area contributed by atoms with Crippen molar-refractivity contribution in [2.75, 3.05) is 17.6 Å². The Morgan fingerprint density at radius 2 is 1.95 bits per heavy atom. The summed E-state index contributed by atoms with van der Waals surface area (Å²) in [4.78, 5) is 24.4. The fourth-order valence-electron chi connectivity index (χ4n) is 3.00. The van der Waals surface area contributed by atoms with Crippen molar-refractivity contribution in [1.82, 2.24) is 9.13 Å². The van der Waals surface area contributed by atoms with Gasteiger partial charge in [-0.2, -0.15) is 0 Å². The van der Waals surface area contributed by atoms with Crippen LogP contribution in [0.4, 0.5) is 11.5 Å². The second kappa shape index (κ2) is 5.95. The van der Waals surface area contributed by atoms with Crippen molar-refractivity contribution in [2.24, 2.45) is 12.5 Å². The van der Waals surface area contributed by atoms with Gasteiger partial charge in [0.25, 0.3) is 5.56 Å². The van der Waals surface area contributed by atoms with E-state index < -0.39 is 0 Å². The lowest BCUT2D eigenvalue weighted by molar-refractivity contribution is 0.145. The molecule has 6 nitrogen and oxygen atoms in total. The Labute approximate surface area is 125 Å². The van der Waals surface area contributed by atoms with Gasteiger partial charge in [-0.25, -0.2) is 4.79 Å². The minimum atomic E-state index is -0.348. The lowest BCUT2D eigenvalue weighted by atomic mass is 9.67. The third-order valence-electron chi connectivity index (χ3n) is 4.83. The predicted octanol–water partition coefficient (Wildman–Crippen LogP) is 1.53. The number of hydrogen-bond acceptors (Lipinski definition) is 4. The van der Waals surface area contributed by atoms with Gasteiger partial charge in [0.2, 0.25) is 0 Å². The van der Waals surface area contributed by atoms with E-state index in [0.29, 0.717) is 12.2 Å². The van der Waals surface area contributed by atoms with E-state index in [1.54, 1.807) is 0 Å². The van der Waals surface area contributed by atoms with Gasteiger partial charge < -0.3 is 11.1 Å². The summed E-state index contributed by atoms with van der Waals surface area (Å²) >= 11 is 0. The number of nitrogen functional groups attached to an aromatic ring is 1. The zero-order chi connectivity index (χ0) is 15.6. The quantitative estimate of drug-likeness (QED) is 0.833. The highest BCUT2D eigenvalue weighted by atomic mass is 16.2. The number of rotatable bonds is 6. The number of hydrogen-bond donors (Lipinski definition) is 2. The monoisotopic (exact) mass is 294 g/mol. The SMILES string of the molecule is CCCn1c(N)c(NCC2(CC)CCC2)c(=O)n(C)c1=O. The second-order valence-corrected chi connectivity index (χ2v) is 6.12. The van der Waals surface area contributed by atoms with Crippen LogP contribution in [0.25, 0.3) is 0 Å². The Kier molecular flexibility index (Phi) is 4.44. The molecule has 0 atom stereocenters. The van der Waals surface area contributed by atoms with Crippen molar-refractivity contribution in [3.63, 3.8) is 0 Å². The zero-order valence-electron chi connectivity index (χ0n) is 13.2. The van der Waals surface area contributed by atoms with Crippen LogP contribution >= 0.6 is 0 Å². The van der Waals surface area contributed by atoms with Crippen LogP contribution < -0.4 is 22.3 Å². The molecule has 0 radical (unpaired) electrons. The molecule has 1 aromatic heterocycles. The third kappa shape index (κ3) is 2.71. The molecule has 1 aromatic rings. The van der Waals surface area contributed by atoms with Crippen molar-refractivity contribution in [3.8, 4) is 0 Å². The molecular formula is C15H26N4O2. The first-order chi connectivity index (χ1) is 9.95. The molecule has 0 bridgehead atoms. The van der Waals surface area contributed by atoms with Crippen molar-refractivity contribution < 1.29 is 0 Å². The summed E-state index contributed by atoms with van der Waals surface area (Å²) in [5.74, 6) is 0.260. The van der Waals surface area contributed by atoms with Gasteiger partial charge >= 0.3 is 5.69 Å². The smallest absolute Gasteiger partial charge is 0.332 e. The van der Waals surface area contributed by atoms with Crippen molar-refractivity contribution in [3.05, 3.63) is 20.8 Å². The summed E-state index contributed by atoms with van der Waals surface area (Å²) in [6.45, 7) is 5.42. The molecule has 0 saturated heterocycles. The summed E-state index contributed by atoms with van der Waals surface area (Å²) in [5.41, 5.74) is 6.02. The van der Waals surface area contributed by atoms with Gasteiger partial charge in [0.15, 0.2) is 0 Å². The molecule has 0 amide bonds. The van der Waals surface area contributed by atoms with Gasteiger partial charge in [-0.3, -0.25) is 13.9 Å². The maximum absolute atomic E-state index is 12.3. The van der Waals surface area contributed by atoms with Gasteiger partial charge in [-0.1, -0.05) is 20.3 Å². The molecule has 1 aliphatic carbocycles. The number of anilines is 2. The molecule has 118 valence electrons.